The Labute approximate surface area is 102 Å². The van der Waals surface area contributed by atoms with Gasteiger partial charge in [-0.3, -0.25) is 0 Å². The molecule has 3 rings (SSSR count). The maximum Gasteiger partial charge on any atom is 0.190 e. The quantitative estimate of drug-likeness (QED) is 0.666. The number of benzene rings is 1. The molecule has 17 heavy (non-hydrogen) atoms. The summed E-state index contributed by atoms with van der Waals surface area (Å²) in [4.78, 5) is 13.7. The molecule has 0 radical (unpaired) electrons. The smallest absolute Gasteiger partial charge is 0.190 e. The van der Waals surface area contributed by atoms with E-state index >= 15 is 0 Å². The summed E-state index contributed by atoms with van der Waals surface area (Å²) in [6, 6.07) is 5.92. The van der Waals surface area contributed by atoms with Crippen LogP contribution in [-0.2, 0) is 0 Å². The van der Waals surface area contributed by atoms with E-state index in [2.05, 4.69) is 15.0 Å². The number of aromatic nitrogens is 3. The first kappa shape index (κ1) is 10.2. The Morgan fingerprint density at radius 3 is 2.82 bits per heavy atom. The van der Waals surface area contributed by atoms with E-state index in [9.17, 15) is 0 Å². The number of nitrogens with zero attached hydrogens (tertiary/aromatic N) is 3. The Hall–Kier alpha value is -2.01. The van der Waals surface area contributed by atoms with E-state index in [4.69, 9.17) is 5.73 Å². The van der Waals surface area contributed by atoms with Gasteiger partial charge in [0.15, 0.2) is 10.5 Å². The van der Waals surface area contributed by atoms with Crippen molar-refractivity contribution in [3.05, 3.63) is 36.2 Å². The van der Waals surface area contributed by atoms with E-state index < -0.39 is 0 Å². The Morgan fingerprint density at radius 2 is 2.00 bits per heavy atom. The predicted molar refractivity (Wildman–Crippen MR) is 69.8 cm³/mol. The van der Waals surface area contributed by atoms with E-state index in [0.717, 1.165) is 26.7 Å². The molecule has 4 nitrogen and oxygen atoms in total. The summed E-state index contributed by atoms with van der Waals surface area (Å²) in [5.74, 6) is 0. The topological polar surface area (TPSA) is 64.7 Å². The van der Waals surface area contributed by atoms with Crippen LogP contribution in [0, 0.1) is 6.92 Å². The van der Waals surface area contributed by atoms with Crippen molar-refractivity contribution in [3.63, 3.8) is 0 Å². The normalized spacial score (nSPS) is 10.9. The summed E-state index contributed by atoms with van der Waals surface area (Å²) in [7, 11) is 0. The van der Waals surface area contributed by atoms with Crippen LogP contribution >= 0.6 is 11.3 Å². The van der Waals surface area contributed by atoms with Gasteiger partial charge in [0.1, 0.15) is 5.01 Å². The van der Waals surface area contributed by atoms with Crippen molar-refractivity contribution in [2.75, 3.05) is 5.73 Å². The molecule has 2 aromatic heterocycles. The van der Waals surface area contributed by atoms with Gasteiger partial charge in [-0.1, -0.05) is 23.0 Å². The molecule has 0 saturated carbocycles. The fraction of sp³-hybridized carbons (Fsp3) is 0.0833. The van der Waals surface area contributed by atoms with Gasteiger partial charge in [0.25, 0.3) is 0 Å². The molecule has 0 aliphatic carbocycles. The van der Waals surface area contributed by atoms with Crippen LogP contribution in [0.2, 0.25) is 0 Å². The zero-order valence-electron chi connectivity index (χ0n) is 9.21. The highest BCUT2D eigenvalue weighted by molar-refractivity contribution is 7.21. The van der Waals surface area contributed by atoms with Crippen molar-refractivity contribution in [2.45, 2.75) is 6.92 Å². The van der Waals surface area contributed by atoms with Crippen molar-refractivity contribution in [1.82, 2.24) is 15.0 Å². The van der Waals surface area contributed by atoms with Crippen LogP contribution in [-0.4, -0.2) is 15.0 Å². The molecular weight excluding hydrogens is 232 g/mol. The number of aryl methyl sites for hydroxylation is 1. The Bertz CT molecular complexity index is 657. The number of hydrogen-bond acceptors (Lipinski definition) is 5. The van der Waals surface area contributed by atoms with Gasteiger partial charge < -0.3 is 5.73 Å². The maximum absolute atomic E-state index is 5.97. The Morgan fingerprint density at radius 1 is 1.18 bits per heavy atom. The van der Waals surface area contributed by atoms with Crippen LogP contribution in [0.15, 0.2) is 30.6 Å². The molecule has 0 bridgehead atoms. The molecule has 0 aliphatic heterocycles. The van der Waals surface area contributed by atoms with E-state index in [1.165, 1.54) is 11.3 Å². The summed E-state index contributed by atoms with van der Waals surface area (Å²) < 4.78 is 0. The molecule has 2 heterocycles. The SMILES string of the molecule is Cc1ccc(N)c(-c2nc3nccnc3s2)c1. The predicted octanol–water partition coefficient (Wildman–Crippen LogP) is 2.64. The maximum atomic E-state index is 5.97. The van der Waals surface area contributed by atoms with Gasteiger partial charge in [0, 0.05) is 23.6 Å². The van der Waals surface area contributed by atoms with Crippen LogP contribution in [0.25, 0.3) is 21.0 Å². The van der Waals surface area contributed by atoms with Gasteiger partial charge >= 0.3 is 0 Å². The highest BCUT2D eigenvalue weighted by atomic mass is 32.1. The lowest BCUT2D eigenvalue weighted by atomic mass is 10.1. The molecule has 0 atom stereocenters. The average Bonchev–Trinajstić information content (AvgIpc) is 2.75. The fourth-order valence-electron chi connectivity index (χ4n) is 1.65. The van der Waals surface area contributed by atoms with Crippen molar-refractivity contribution >= 4 is 27.5 Å². The van der Waals surface area contributed by atoms with Gasteiger partial charge in [-0.2, -0.15) is 0 Å². The Balaban J connectivity index is 2.23. The summed E-state index contributed by atoms with van der Waals surface area (Å²) in [6.45, 7) is 2.03. The van der Waals surface area contributed by atoms with Gasteiger partial charge in [-0.15, -0.1) is 0 Å². The highest BCUT2D eigenvalue weighted by Crippen LogP contribution is 2.32. The first-order valence-electron chi connectivity index (χ1n) is 5.18. The average molecular weight is 242 g/mol. The minimum absolute atomic E-state index is 0.674. The van der Waals surface area contributed by atoms with Crippen LogP contribution < -0.4 is 5.73 Å². The second-order valence-corrected chi connectivity index (χ2v) is 4.77. The number of rotatable bonds is 1. The molecule has 0 amide bonds. The molecule has 0 aliphatic rings. The molecular formula is C12H10N4S. The largest absolute Gasteiger partial charge is 0.398 e. The molecule has 84 valence electrons. The molecule has 3 aromatic rings. The molecule has 0 saturated heterocycles. The van der Waals surface area contributed by atoms with Gasteiger partial charge in [0.05, 0.1) is 0 Å². The number of hydrogen-bond donors (Lipinski definition) is 1. The van der Waals surface area contributed by atoms with Crippen LogP contribution in [0.4, 0.5) is 5.69 Å². The second kappa shape index (κ2) is 3.78. The van der Waals surface area contributed by atoms with E-state index in [-0.39, 0.29) is 0 Å². The lowest BCUT2D eigenvalue weighted by Gasteiger charge is -2.02. The van der Waals surface area contributed by atoms with Crippen LogP contribution in [0.3, 0.4) is 0 Å². The first-order chi connectivity index (χ1) is 8.24. The number of nitrogen functional groups attached to an aromatic ring is 1. The summed E-state index contributed by atoms with van der Waals surface area (Å²) >= 11 is 1.51. The van der Waals surface area contributed by atoms with Crippen LogP contribution in [0.5, 0.6) is 0 Å². The molecule has 0 spiro atoms. The first-order valence-corrected chi connectivity index (χ1v) is 6.00. The van der Waals surface area contributed by atoms with Crippen molar-refractivity contribution in [3.8, 4) is 10.6 Å². The number of nitrogens with two attached hydrogens (primary N) is 1. The van der Waals surface area contributed by atoms with E-state index in [1.807, 2.05) is 25.1 Å². The molecule has 2 N–H and O–H groups in total. The third-order valence-corrected chi connectivity index (χ3v) is 3.47. The summed E-state index contributed by atoms with van der Waals surface area (Å²) in [6.07, 6.45) is 3.31. The minimum atomic E-state index is 0.674. The monoisotopic (exact) mass is 242 g/mol. The van der Waals surface area contributed by atoms with Gasteiger partial charge in [0.2, 0.25) is 0 Å². The fourth-order valence-corrected chi connectivity index (χ4v) is 2.55. The van der Waals surface area contributed by atoms with Gasteiger partial charge in [-0.05, 0) is 19.1 Å². The lowest BCUT2D eigenvalue weighted by molar-refractivity contribution is 1.26. The molecule has 0 fully saturated rings. The van der Waals surface area contributed by atoms with E-state index in [0.29, 0.717) is 5.65 Å². The lowest BCUT2D eigenvalue weighted by Crippen LogP contribution is -1.90. The number of thiazole rings is 1. The molecule has 0 unspecified atom stereocenters. The van der Waals surface area contributed by atoms with Crippen LogP contribution in [0.1, 0.15) is 5.56 Å². The molecule has 5 heteroatoms. The second-order valence-electron chi connectivity index (χ2n) is 3.79. The van der Waals surface area contributed by atoms with Crippen molar-refractivity contribution in [1.29, 1.82) is 0 Å². The highest BCUT2D eigenvalue weighted by Gasteiger charge is 2.10. The summed E-state index contributed by atoms with van der Waals surface area (Å²) in [5.41, 5.74) is 9.49. The third-order valence-electron chi connectivity index (χ3n) is 2.49. The van der Waals surface area contributed by atoms with E-state index in [1.54, 1.807) is 12.4 Å². The van der Waals surface area contributed by atoms with Crippen molar-refractivity contribution in [2.24, 2.45) is 0 Å². The third kappa shape index (κ3) is 1.74. The number of anilines is 1. The summed E-state index contributed by atoms with van der Waals surface area (Å²) in [5, 5.41) is 0.868. The molecule has 1 aromatic carbocycles. The Kier molecular flexibility index (Phi) is 2.26. The van der Waals surface area contributed by atoms with Crippen molar-refractivity contribution < 1.29 is 0 Å². The zero-order chi connectivity index (χ0) is 11.8. The number of fused-ring (bicyclic) bond motifs is 1. The van der Waals surface area contributed by atoms with Gasteiger partial charge in [-0.25, -0.2) is 15.0 Å². The minimum Gasteiger partial charge on any atom is -0.398 e. The zero-order valence-corrected chi connectivity index (χ0v) is 10.0. The standard InChI is InChI=1S/C12H10N4S/c1-7-2-3-9(13)8(6-7)11-16-10-12(17-11)15-5-4-14-10/h2-6H,13H2,1H3.